The maximum Gasteiger partial charge on any atom is 0.247 e. The van der Waals surface area contributed by atoms with E-state index >= 15 is 0 Å². The molecule has 9 heteroatoms. The van der Waals surface area contributed by atoms with E-state index in [2.05, 4.69) is 10.3 Å². The van der Waals surface area contributed by atoms with Crippen LogP contribution in [0.3, 0.4) is 0 Å². The van der Waals surface area contributed by atoms with Crippen LogP contribution in [0.25, 0.3) is 0 Å². The van der Waals surface area contributed by atoms with Gasteiger partial charge < -0.3 is 15.1 Å². The van der Waals surface area contributed by atoms with E-state index in [1.165, 1.54) is 9.80 Å². The van der Waals surface area contributed by atoms with Gasteiger partial charge in [0.15, 0.2) is 0 Å². The Balaban J connectivity index is 1.50. The number of carbonyl (C=O) groups is 3. The molecule has 3 amide bonds. The smallest absolute Gasteiger partial charge is 0.247 e. The number of carbonyl (C=O) groups excluding carboxylic acids is 3. The fourth-order valence-electron chi connectivity index (χ4n) is 4.10. The molecule has 4 rings (SSSR count). The fraction of sp³-hybridized carbons (Fsp3) is 0.259. The first kappa shape index (κ1) is 25.7. The number of benzene rings is 2. The van der Waals surface area contributed by atoms with Crippen molar-refractivity contribution < 1.29 is 14.4 Å². The van der Waals surface area contributed by atoms with E-state index in [1.54, 1.807) is 36.7 Å². The molecule has 186 valence electrons. The van der Waals surface area contributed by atoms with E-state index in [0.29, 0.717) is 18.0 Å². The van der Waals surface area contributed by atoms with Gasteiger partial charge in [-0.05, 0) is 41.0 Å². The lowest BCUT2D eigenvalue weighted by atomic mass is 10.0. The summed E-state index contributed by atoms with van der Waals surface area (Å²) in [5, 5.41) is 3.45. The van der Waals surface area contributed by atoms with Gasteiger partial charge in [-0.1, -0.05) is 65.7 Å². The normalized spacial score (nSPS) is 16.7. The van der Waals surface area contributed by atoms with Crippen molar-refractivity contribution in [1.29, 1.82) is 0 Å². The van der Waals surface area contributed by atoms with Crippen LogP contribution in [0.4, 0.5) is 0 Å². The Bertz CT molecular complexity index is 1190. The number of pyridine rings is 1. The van der Waals surface area contributed by atoms with E-state index in [1.807, 2.05) is 42.5 Å². The standard InChI is InChI=1S/C27H26Cl2N4O3/c28-22-8-6-19(7-9-22)14-24(29)33-18-26(35)32(17-21-10-12-30-13-11-21)23(27(33)36)15-25(34)31-16-20-4-2-1-3-5-20/h1-13,23-24H,14-18H2,(H,31,34). The lowest BCUT2D eigenvalue weighted by molar-refractivity contribution is -0.158. The highest BCUT2D eigenvalue weighted by atomic mass is 35.5. The highest BCUT2D eigenvalue weighted by Gasteiger charge is 2.42. The Morgan fingerprint density at radius 2 is 1.67 bits per heavy atom. The Morgan fingerprint density at radius 3 is 2.36 bits per heavy atom. The predicted molar refractivity (Wildman–Crippen MR) is 138 cm³/mol. The number of rotatable bonds is 9. The number of nitrogens with zero attached hydrogens (tertiary/aromatic N) is 3. The lowest BCUT2D eigenvalue weighted by Crippen LogP contribution is -2.62. The van der Waals surface area contributed by atoms with Crippen molar-refractivity contribution in [3.05, 3.63) is 101 Å². The molecule has 7 nitrogen and oxygen atoms in total. The zero-order chi connectivity index (χ0) is 25.5. The summed E-state index contributed by atoms with van der Waals surface area (Å²) >= 11 is 12.6. The minimum Gasteiger partial charge on any atom is -0.352 e. The minimum absolute atomic E-state index is 0.159. The van der Waals surface area contributed by atoms with Gasteiger partial charge in [-0.15, -0.1) is 0 Å². The van der Waals surface area contributed by atoms with Gasteiger partial charge in [0.25, 0.3) is 0 Å². The number of nitrogens with one attached hydrogen (secondary N) is 1. The van der Waals surface area contributed by atoms with Crippen LogP contribution in [0.2, 0.25) is 5.02 Å². The van der Waals surface area contributed by atoms with Crippen molar-refractivity contribution in [2.75, 3.05) is 6.54 Å². The van der Waals surface area contributed by atoms with E-state index in [4.69, 9.17) is 23.2 Å². The summed E-state index contributed by atoms with van der Waals surface area (Å²) in [4.78, 5) is 46.5. The Hall–Kier alpha value is -3.42. The second kappa shape index (κ2) is 12.0. The second-order valence-electron chi connectivity index (χ2n) is 8.59. The summed E-state index contributed by atoms with van der Waals surface area (Å²) in [6, 6.07) is 19.2. The molecule has 1 fully saturated rings. The molecule has 2 atom stereocenters. The molecule has 2 aromatic carbocycles. The first-order chi connectivity index (χ1) is 17.4. The van der Waals surface area contributed by atoms with Gasteiger partial charge in [-0.25, -0.2) is 0 Å². The van der Waals surface area contributed by atoms with Crippen molar-refractivity contribution in [1.82, 2.24) is 20.1 Å². The summed E-state index contributed by atoms with van der Waals surface area (Å²) < 4.78 is 0. The van der Waals surface area contributed by atoms with Crippen molar-refractivity contribution in [3.8, 4) is 0 Å². The number of hydrogen-bond acceptors (Lipinski definition) is 4. The number of hydrogen-bond donors (Lipinski definition) is 1. The van der Waals surface area contributed by atoms with E-state index < -0.39 is 11.5 Å². The van der Waals surface area contributed by atoms with Crippen LogP contribution in [-0.2, 0) is 33.9 Å². The largest absolute Gasteiger partial charge is 0.352 e. The molecule has 1 saturated heterocycles. The third kappa shape index (κ3) is 6.62. The zero-order valence-corrected chi connectivity index (χ0v) is 21.0. The average molecular weight is 525 g/mol. The Kier molecular flexibility index (Phi) is 8.57. The number of piperazine rings is 1. The first-order valence-electron chi connectivity index (χ1n) is 11.6. The predicted octanol–water partition coefficient (Wildman–Crippen LogP) is 3.79. The molecule has 0 aliphatic carbocycles. The lowest BCUT2D eigenvalue weighted by Gasteiger charge is -2.41. The SMILES string of the molecule is O=C(CC1C(=O)N(C(Cl)Cc2ccc(Cl)cc2)CC(=O)N1Cc1ccncc1)NCc1ccccc1. The van der Waals surface area contributed by atoms with Crippen LogP contribution in [-0.4, -0.2) is 50.6 Å². The van der Waals surface area contributed by atoms with Gasteiger partial charge in [0.1, 0.15) is 18.1 Å². The third-order valence-corrected chi connectivity index (χ3v) is 6.68. The van der Waals surface area contributed by atoms with E-state index in [9.17, 15) is 14.4 Å². The maximum atomic E-state index is 13.6. The van der Waals surface area contributed by atoms with Gasteiger partial charge in [-0.2, -0.15) is 0 Å². The second-order valence-corrected chi connectivity index (χ2v) is 9.53. The molecule has 3 aromatic rings. The molecule has 0 bridgehead atoms. The Morgan fingerprint density at radius 1 is 0.972 bits per heavy atom. The van der Waals surface area contributed by atoms with Crippen LogP contribution in [0, 0.1) is 0 Å². The third-order valence-electron chi connectivity index (χ3n) is 6.04. The molecule has 0 spiro atoms. The molecule has 1 N–H and O–H groups in total. The van der Waals surface area contributed by atoms with E-state index in [0.717, 1.165) is 16.7 Å². The van der Waals surface area contributed by atoms with Gasteiger partial charge >= 0.3 is 0 Å². The minimum atomic E-state index is -0.971. The highest BCUT2D eigenvalue weighted by Crippen LogP contribution is 2.24. The van der Waals surface area contributed by atoms with Gasteiger partial charge in [0.05, 0.1) is 6.42 Å². The number of alkyl halides is 1. The highest BCUT2D eigenvalue weighted by molar-refractivity contribution is 6.30. The molecular weight excluding hydrogens is 499 g/mol. The summed E-state index contributed by atoms with van der Waals surface area (Å²) in [5.74, 6) is -0.947. The van der Waals surface area contributed by atoms with Crippen molar-refractivity contribution in [2.45, 2.75) is 37.5 Å². The molecule has 0 saturated carbocycles. The average Bonchev–Trinajstić information content (AvgIpc) is 2.89. The van der Waals surface area contributed by atoms with Gasteiger partial charge in [0, 0.05) is 36.9 Å². The summed E-state index contributed by atoms with van der Waals surface area (Å²) in [6.07, 6.45) is 3.43. The quantitative estimate of drug-likeness (QED) is 0.341. The molecular formula is C27H26Cl2N4O3. The molecule has 2 unspecified atom stereocenters. The van der Waals surface area contributed by atoms with E-state index in [-0.39, 0.29) is 37.2 Å². The van der Waals surface area contributed by atoms with Crippen LogP contribution in [0.15, 0.2) is 79.1 Å². The molecule has 1 aliphatic heterocycles. The van der Waals surface area contributed by atoms with Crippen LogP contribution >= 0.6 is 23.2 Å². The number of aromatic nitrogens is 1. The zero-order valence-electron chi connectivity index (χ0n) is 19.5. The van der Waals surface area contributed by atoms with Crippen molar-refractivity contribution >= 4 is 40.9 Å². The maximum absolute atomic E-state index is 13.6. The van der Waals surface area contributed by atoms with Crippen molar-refractivity contribution in [3.63, 3.8) is 0 Å². The number of amides is 3. The molecule has 2 heterocycles. The molecule has 0 radical (unpaired) electrons. The van der Waals surface area contributed by atoms with Crippen LogP contribution in [0.1, 0.15) is 23.1 Å². The van der Waals surface area contributed by atoms with Gasteiger partial charge in [0.2, 0.25) is 17.7 Å². The monoisotopic (exact) mass is 524 g/mol. The molecule has 36 heavy (non-hydrogen) atoms. The molecule has 1 aliphatic rings. The fourth-order valence-corrected chi connectivity index (χ4v) is 4.57. The topological polar surface area (TPSA) is 82.6 Å². The van der Waals surface area contributed by atoms with Crippen molar-refractivity contribution in [2.24, 2.45) is 0 Å². The summed E-state index contributed by atoms with van der Waals surface area (Å²) in [7, 11) is 0. The van der Waals surface area contributed by atoms with Gasteiger partial charge in [-0.3, -0.25) is 19.4 Å². The molecule has 1 aromatic heterocycles. The van der Waals surface area contributed by atoms with Crippen LogP contribution < -0.4 is 5.32 Å². The Labute approximate surface area is 220 Å². The van der Waals surface area contributed by atoms with Crippen LogP contribution in [0.5, 0.6) is 0 Å². The summed E-state index contributed by atoms with van der Waals surface area (Å²) in [5.41, 5.74) is 1.89. The first-order valence-corrected chi connectivity index (χ1v) is 12.4. The number of halogens is 2. The summed E-state index contributed by atoms with van der Waals surface area (Å²) in [6.45, 7) is 0.368.